The van der Waals surface area contributed by atoms with E-state index in [4.69, 9.17) is 0 Å². The molecule has 1 rings (SSSR count). The molecule has 1 aliphatic rings. The minimum absolute atomic E-state index is 0.146. The van der Waals surface area contributed by atoms with Gasteiger partial charge in [0.1, 0.15) is 0 Å². The minimum Gasteiger partial charge on any atom is -0.316 e. The summed E-state index contributed by atoms with van der Waals surface area (Å²) in [5.74, 6) is 0.319. The lowest BCUT2D eigenvalue weighted by Gasteiger charge is -1.95. The molecule has 1 saturated heterocycles. The van der Waals surface area contributed by atoms with Crippen LogP contribution in [0.5, 0.6) is 0 Å². The monoisotopic (exact) mass is 133 g/mol. The molecule has 1 heterocycles. The second-order valence-electron chi connectivity index (χ2n) is 2.01. The molecule has 1 aliphatic heterocycles. The largest absolute Gasteiger partial charge is 0.316 e. The Labute approximate surface area is 56.6 Å². The van der Waals surface area contributed by atoms with Crippen molar-refractivity contribution in [2.24, 2.45) is 5.92 Å². The summed E-state index contributed by atoms with van der Waals surface area (Å²) in [4.78, 5) is 0. The highest BCUT2D eigenvalue weighted by molar-refractivity contribution is 4.69. The highest BCUT2D eigenvalue weighted by Gasteiger charge is 2.12. The predicted octanol–water partition coefficient (Wildman–Crippen LogP) is 1.59. The molecule has 0 saturated carbocycles. The van der Waals surface area contributed by atoms with Crippen LogP contribution >= 0.6 is 0 Å². The van der Waals surface area contributed by atoms with Crippen molar-refractivity contribution in [3.8, 4) is 0 Å². The van der Waals surface area contributed by atoms with E-state index in [0.29, 0.717) is 5.92 Å². The Kier molecular flexibility index (Phi) is 5.94. The molecule has 0 aromatic carbocycles. The van der Waals surface area contributed by atoms with Crippen molar-refractivity contribution in [2.75, 3.05) is 19.8 Å². The molecule has 0 radical (unpaired) electrons. The Balaban J connectivity index is 0.000000291. The van der Waals surface area contributed by atoms with E-state index in [1.54, 1.807) is 0 Å². The Morgan fingerprint density at radius 3 is 2.44 bits per heavy atom. The average molecular weight is 133 g/mol. The van der Waals surface area contributed by atoms with Crippen LogP contribution in [0.2, 0.25) is 0 Å². The highest BCUT2D eigenvalue weighted by Crippen LogP contribution is 2.06. The first-order chi connectivity index (χ1) is 4.43. The summed E-state index contributed by atoms with van der Waals surface area (Å²) in [7, 11) is 0. The number of hydrogen-bond donors (Lipinski definition) is 1. The van der Waals surface area contributed by atoms with Crippen LogP contribution in [0.4, 0.5) is 4.39 Å². The van der Waals surface area contributed by atoms with E-state index in [-0.39, 0.29) is 6.67 Å². The first-order valence-electron chi connectivity index (χ1n) is 3.70. The molecule has 0 amide bonds. The molecule has 0 aromatic heterocycles. The van der Waals surface area contributed by atoms with Gasteiger partial charge in [0.05, 0.1) is 6.67 Å². The van der Waals surface area contributed by atoms with Crippen molar-refractivity contribution in [3.63, 3.8) is 0 Å². The topological polar surface area (TPSA) is 12.0 Å². The summed E-state index contributed by atoms with van der Waals surface area (Å²) in [6, 6.07) is 0. The zero-order chi connectivity index (χ0) is 7.11. The van der Waals surface area contributed by atoms with Crippen molar-refractivity contribution >= 4 is 0 Å². The Morgan fingerprint density at radius 1 is 1.56 bits per heavy atom. The molecule has 1 N–H and O–H groups in total. The number of alkyl halides is 1. The maximum atomic E-state index is 11.7. The van der Waals surface area contributed by atoms with E-state index in [1.165, 1.54) is 0 Å². The summed E-state index contributed by atoms with van der Waals surface area (Å²) in [6.07, 6.45) is 1.02. The third-order valence-electron chi connectivity index (χ3n) is 1.38. The van der Waals surface area contributed by atoms with Crippen molar-refractivity contribution in [3.05, 3.63) is 0 Å². The van der Waals surface area contributed by atoms with Gasteiger partial charge in [-0.2, -0.15) is 0 Å². The smallest absolute Gasteiger partial charge is 0.0935 e. The molecule has 0 aromatic rings. The normalized spacial score (nSPS) is 25.0. The van der Waals surface area contributed by atoms with Crippen LogP contribution in [-0.2, 0) is 0 Å². The van der Waals surface area contributed by atoms with Crippen LogP contribution in [0.15, 0.2) is 0 Å². The second-order valence-corrected chi connectivity index (χ2v) is 2.01. The Morgan fingerprint density at radius 2 is 2.22 bits per heavy atom. The van der Waals surface area contributed by atoms with Gasteiger partial charge in [-0.1, -0.05) is 13.8 Å². The molecule has 0 unspecified atom stereocenters. The molecule has 0 bridgehead atoms. The van der Waals surface area contributed by atoms with Crippen LogP contribution in [-0.4, -0.2) is 19.8 Å². The second kappa shape index (κ2) is 6.02. The summed E-state index contributed by atoms with van der Waals surface area (Å²) >= 11 is 0. The van der Waals surface area contributed by atoms with Crippen LogP contribution in [0.1, 0.15) is 20.3 Å². The molecule has 1 fully saturated rings. The number of rotatable bonds is 1. The third-order valence-corrected chi connectivity index (χ3v) is 1.38. The van der Waals surface area contributed by atoms with Crippen LogP contribution in [0.25, 0.3) is 0 Å². The molecule has 1 nitrogen and oxygen atoms in total. The van der Waals surface area contributed by atoms with Crippen molar-refractivity contribution in [2.45, 2.75) is 20.3 Å². The van der Waals surface area contributed by atoms with Gasteiger partial charge < -0.3 is 5.32 Å². The van der Waals surface area contributed by atoms with Gasteiger partial charge in [0, 0.05) is 12.5 Å². The van der Waals surface area contributed by atoms with Gasteiger partial charge in [0.2, 0.25) is 0 Å². The van der Waals surface area contributed by atoms with E-state index in [9.17, 15) is 4.39 Å². The summed E-state index contributed by atoms with van der Waals surface area (Å²) in [6.45, 7) is 5.75. The molecule has 0 spiro atoms. The SMILES string of the molecule is CC.FC[C@H]1CCNC1. The zero-order valence-electron chi connectivity index (χ0n) is 6.28. The Bertz CT molecular complexity index is 50.9. The van der Waals surface area contributed by atoms with Crippen molar-refractivity contribution < 1.29 is 4.39 Å². The highest BCUT2D eigenvalue weighted by atomic mass is 19.1. The van der Waals surface area contributed by atoms with E-state index in [1.807, 2.05) is 13.8 Å². The minimum atomic E-state index is -0.146. The summed E-state index contributed by atoms with van der Waals surface area (Å²) in [5, 5.41) is 3.08. The summed E-state index contributed by atoms with van der Waals surface area (Å²) in [5.41, 5.74) is 0. The molecule has 9 heavy (non-hydrogen) atoms. The van der Waals surface area contributed by atoms with E-state index in [0.717, 1.165) is 19.5 Å². The predicted molar refractivity (Wildman–Crippen MR) is 38.3 cm³/mol. The van der Waals surface area contributed by atoms with Crippen molar-refractivity contribution in [1.29, 1.82) is 0 Å². The Hall–Kier alpha value is -0.110. The fourth-order valence-corrected chi connectivity index (χ4v) is 0.846. The van der Waals surface area contributed by atoms with E-state index < -0.39 is 0 Å². The van der Waals surface area contributed by atoms with Gasteiger partial charge in [-0.05, 0) is 13.0 Å². The molecular weight excluding hydrogens is 117 g/mol. The maximum absolute atomic E-state index is 11.7. The lowest BCUT2D eigenvalue weighted by Crippen LogP contribution is -2.09. The van der Waals surface area contributed by atoms with Crippen molar-refractivity contribution in [1.82, 2.24) is 5.32 Å². The quantitative estimate of drug-likeness (QED) is 0.572. The first kappa shape index (κ1) is 8.89. The number of halogens is 1. The lowest BCUT2D eigenvalue weighted by molar-refractivity contribution is 0.382. The van der Waals surface area contributed by atoms with E-state index >= 15 is 0 Å². The molecule has 56 valence electrons. The van der Waals surface area contributed by atoms with Gasteiger partial charge in [0.25, 0.3) is 0 Å². The number of hydrogen-bond acceptors (Lipinski definition) is 1. The van der Waals surface area contributed by atoms with Gasteiger partial charge >= 0.3 is 0 Å². The van der Waals surface area contributed by atoms with E-state index in [2.05, 4.69) is 5.32 Å². The third kappa shape index (κ3) is 3.46. The van der Waals surface area contributed by atoms with Gasteiger partial charge in [0.15, 0.2) is 0 Å². The lowest BCUT2D eigenvalue weighted by atomic mass is 10.1. The van der Waals surface area contributed by atoms with Gasteiger partial charge in [-0.25, -0.2) is 0 Å². The fraction of sp³-hybridized carbons (Fsp3) is 1.00. The van der Waals surface area contributed by atoms with Gasteiger partial charge in [-0.3, -0.25) is 4.39 Å². The van der Waals surface area contributed by atoms with Crippen LogP contribution in [0, 0.1) is 5.92 Å². The average Bonchev–Trinajstić information content (AvgIpc) is 2.43. The molecular formula is C7H16FN. The van der Waals surface area contributed by atoms with Gasteiger partial charge in [-0.15, -0.1) is 0 Å². The molecule has 0 aliphatic carbocycles. The first-order valence-corrected chi connectivity index (χ1v) is 3.70. The fourth-order valence-electron chi connectivity index (χ4n) is 0.846. The van der Waals surface area contributed by atoms with Crippen LogP contribution in [0.3, 0.4) is 0 Å². The number of nitrogens with one attached hydrogen (secondary N) is 1. The molecule has 2 heteroatoms. The molecule has 1 atom stereocenters. The maximum Gasteiger partial charge on any atom is 0.0935 e. The summed E-state index contributed by atoms with van der Waals surface area (Å²) < 4.78 is 11.7. The van der Waals surface area contributed by atoms with Crippen LogP contribution < -0.4 is 5.32 Å². The zero-order valence-corrected chi connectivity index (χ0v) is 6.28. The standard InChI is InChI=1S/C5H10FN.C2H6/c6-3-5-1-2-7-4-5;1-2/h5,7H,1-4H2;1-2H3/t5-;/m1./s1.